The van der Waals surface area contributed by atoms with Crippen LogP contribution >= 0.6 is 11.8 Å². The second kappa shape index (κ2) is 8.41. The maximum absolute atomic E-state index is 12.2. The first kappa shape index (κ1) is 17.8. The van der Waals surface area contributed by atoms with E-state index in [0.717, 1.165) is 25.1 Å². The Hall–Kier alpha value is -2.58. The van der Waals surface area contributed by atoms with Gasteiger partial charge in [0, 0.05) is 12.3 Å². The van der Waals surface area contributed by atoms with Crippen molar-refractivity contribution < 1.29 is 13.9 Å². The Morgan fingerprint density at radius 1 is 1.22 bits per heavy atom. The number of carbonyl (C=O) groups excluding carboxylic acids is 1. The van der Waals surface area contributed by atoms with Crippen molar-refractivity contribution in [3.05, 3.63) is 48.7 Å². The second-order valence-corrected chi connectivity index (χ2v) is 7.17. The van der Waals surface area contributed by atoms with Gasteiger partial charge in [-0.25, -0.2) is 0 Å². The van der Waals surface area contributed by atoms with Crippen molar-refractivity contribution in [2.45, 2.75) is 30.6 Å². The van der Waals surface area contributed by atoms with Crippen molar-refractivity contribution in [1.29, 1.82) is 0 Å². The number of aromatic nitrogens is 3. The molecule has 2 aromatic heterocycles. The minimum atomic E-state index is -0.0857. The number of nitrogens with one attached hydrogen (secondary N) is 1. The normalized spacial score (nSPS) is 16.5. The van der Waals surface area contributed by atoms with Crippen molar-refractivity contribution in [3.8, 4) is 11.6 Å². The van der Waals surface area contributed by atoms with Gasteiger partial charge in [-0.3, -0.25) is 9.36 Å². The van der Waals surface area contributed by atoms with Gasteiger partial charge in [-0.2, -0.15) is 0 Å². The van der Waals surface area contributed by atoms with E-state index in [9.17, 15) is 4.79 Å². The molecular weight excluding hydrogens is 364 g/mol. The van der Waals surface area contributed by atoms with Crippen molar-refractivity contribution in [3.63, 3.8) is 0 Å². The van der Waals surface area contributed by atoms with Gasteiger partial charge >= 0.3 is 0 Å². The van der Waals surface area contributed by atoms with Gasteiger partial charge < -0.3 is 14.5 Å². The summed E-state index contributed by atoms with van der Waals surface area (Å²) in [6.07, 6.45) is 3.81. The molecule has 0 saturated carbocycles. The second-order valence-electron chi connectivity index (χ2n) is 6.23. The molecule has 27 heavy (non-hydrogen) atoms. The number of anilines is 1. The number of amides is 1. The fourth-order valence-electron chi connectivity index (χ4n) is 2.99. The van der Waals surface area contributed by atoms with E-state index in [1.54, 1.807) is 6.26 Å². The van der Waals surface area contributed by atoms with Gasteiger partial charge in [0.2, 0.25) is 11.7 Å². The molecular formula is C19H20N4O3S. The molecule has 1 amide bonds. The number of carbonyl (C=O) groups is 1. The monoisotopic (exact) mass is 384 g/mol. The highest BCUT2D eigenvalue weighted by Crippen LogP contribution is 2.26. The summed E-state index contributed by atoms with van der Waals surface area (Å²) in [7, 11) is 0. The molecule has 1 aliphatic heterocycles. The molecule has 1 aromatic carbocycles. The van der Waals surface area contributed by atoms with Gasteiger partial charge in [-0.15, -0.1) is 10.2 Å². The molecule has 1 N–H and O–H groups in total. The summed E-state index contributed by atoms with van der Waals surface area (Å²) in [5.41, 5.74) is 0.778. The Kier molecular flexibility index (Phi) is 5.55. The highest BCUT2D eigenvalue weighted by atomic mass is 32.2. The molecule has 0 spiro atoms. The average molecular weight is 384 g/mol. The number of furan rings is 1. The van der Waals surface area contributed by atoms with Gasteiger partial charge in [-0.05, 0) is 37.1 Å². The van der Waals surface area contributed by atoms with E-state index in [-0.39, 0.29) is 17.8 Å². The van der Waals surface area contributed by atoms with E-state index in [4.69, 9.17) is 9.15 Å². The van der Waals surface area contributed by atoms with Crippen LogP contribution in [0.15, 0.2) is 58.3 Å². The van der Waals surface area contributed by atoms with Crippen LogP contribution < -0.4 is 5.32 Å². The van der Waals surface area contributed by atoms with Gasteiger partial charge in [-0.1, -0.05) is 30.0 Å². The molecule has 0 aliphatic carbocycles. The molecule has 1 atom stereocenters. The molecule has 0 radical (unpaired) electrons. The zero-order chi connectivity index (χ0) is 18.5. The Morgan fingerprint density at radius 3 is 2.85 bits per heavy atom. The molecule has 140 valence electrons. The molecule has 0 unspecified atom stereocenters. The number of ether oxygens (including phenoxy) is 1. The summed E-state index contributed by atoms with van der Waals surface area (Å²) in [4.78, 5) is 12.2. The highest BCUT2D eigenvalue weighted by Gasteiger charge is 2.23. The molecule has 3 aromatic rings. The van der Waals surface area contributed by atoms with Gasteiger partial charge in [0.25, 0.3) is 0 Å². The van der Waals surface area contributed by atoms with E-state index >= 15 is 0 Å². The number of thioether (sulfide) groups is 1. The maximum atomic E-state index is 12.2. The van der Waals surface area contributed by atoms with Gasteiger partial charge in [0.05, 0.1) is 24.7 Å². The number of hydrogen-bond donors (Lipinski definition) is 1. The van der Waals surface area contributed by atoms with Crippen LogP contribution in [0.2, 0.25) is 0 Å². The molecule has 0 bridgehead atoms. The Labute approximate surface area is 161 Å². The van der Waals surface area contributed by atoms with E-state index < -0.39 is 0 Å². The lowest BCUT2D eigenvalue weighted by Gasteiger charge is -2.13. The number of rotatable bonds is 7. The zero-order valence-electron chi connectivity index (χ0n) is 14.7. The van der Waals surface area contributed by atoms with Crippen LogP contribution in [-0.4, -0.2) is 39.1 Å². The largest absolute Gasteiger partial charge is 0.461 e. The van der Waals surface area contributed by atoms with Crippen molar-refractivity contribution in [2.24, 2.45) is 0 Å². The summed E-state index contributed by atoms with van der Waals surface area (Å²) >= 11 is 1.36. The summed E-state index contributed by atoms with van der Waals surface area (Å²) in [6.45, 7) is 1.43. The smallest absolute Gasteiger partial charge is 0.234 e. The summed E-state index contributed by atoms with van der Waals surface area (Å²) in [6, 6.07) is 13.1. The minimum Gasteiger partial charge on any atom is -0.461 e. The maximum Gasteiger partial charge on any atom is 0.234 e. The number of nitrogens with zero attached hydrogens (tertiary/aromatic N) is 3. The first-order valence-electron chi connectivity index (χ1n) is 8.86. The Bertz CT molecular complexity index is 874. The van der Waals surface area contributed by atoms with Crippen molar-refractivity contribution in [2.75, 3.05) is 17.7 Å². The molecule has 1 aliphatic rings. The van der Waals surface area contributed by atoms with E-state index in [0.29, 0.717) is 23.3 Å². The van der Waals surface area contributed by atoms with Crippen LogP contribution in [0.3, 0.4) is 0 Å². The highest BCUT2D eigenvalue weighted by molar-refractivity contribution is 7.99. The fraction of sp³-hybridized carbons (Fsp3) is 0.316. The van der Waals surface area contributed by atoms with E-state index in [1.807, 2.05) is 47.0 Å². The van der Waals surface area contributed by atoms with E-state index in [2.05, 4.69) is 15.5 Å². The average Bonchev–Trinajstić information content (AvgIpc) is 3.44. The lowest BCUT2D eigenvalue weighted by atomic mass is 10.2. The third-order valence-electron chi connectivity index (χ3n) is 4.26. The predicted octanol–water partition coefficient (Wildman–Crippen LogP) is 3.45. The molecule has 7 nitrogen and oxygen atoms in total. The Balaban J connectivity index is 1.47. The standard InChI is InChI=1S/C19H20N4O3S/c24-17(20-14-6-2-1-3-7-14)13-27-19-22-21-18(16-9-5-11-26-16)23(19)12-15-8-4-10-25-15/h1-3,5-7,9,11,15H,4,8,10,12-13H2,(H,20,24)/t15-/m1/s1. The van der Waals surface area contributed by atoms with Crippen molar-refractivity contribution in [1.82, 2.24) is 14.8 Å². The summed E-state index contributed by atoms with van der Waals surface area (Å²) < 4.78 is 13.2. The SMILES string of the molecule is O=C(CSc1nnc(-c2ccco2)n1C[C@H]1CCCO1)Nc1ccccc1. The third kappa shape index (κ3) is 4.40. The number of para-hydroxylation sites is 1. The topological polar surface area (TPSA) is 82.2 Å². The predicted molar refractivity (Wildman–Crippen MR) is 102 cm³/mol. The number of hydrogen-bond acceptors (Lipinski definition) is 6. The molecule has 8 heteroatoms. The summed E-state index contributed by atoms with van der Waals surface area (Å²) in [5.74, 6) is 1.47. The molecule has 1 saturated heterocycles. The first-order chi connectivity index (χ1) is 13.3. The zero-order valence-corrected chi connectivity index (χ0v) is 15.5. The van der Waals surface area contributed by atoms with Crippen molar-refractivity contribution >= 4 is 23.4 Å². The molecule has 4 rings (SSSR count). The first-order valence-corrected chi connectivity index (χ1v) is 9.84. The number of benzene rings is 1. The lowest BCUT2D eigenvalue weighted by molar-refractivity contribution is -0.113. The van der Waals surface area contributed by atoms with Crippen LogP contribution in [0.1, 0.15) is 12.8 Å². The van der Waals surface area contributed by atoms with Crippen LogP contribution in [0.25, 0.3) is 11.6 Å². The van der Waals surface area contributed by atoms with Crippen LogP contribution in [-0.2, 0) is 16.1 Å². The van der Waals surface area contributed by atoms with E-state index in [1.165, 1.54) is 11.8 Å². The molecule has 3 heterocycles. The van der Waals surface area contributed by atoms with Gasteiger partial charge in [0.15, 0.2) is 10.9 Å². The quantitative estimate of drug-likeness (QED) is 0.628. The summed E-state index contributed by atoms with van der Waals surface area (Å²) in [5, 5.41) is 12.1. The Morgan fingerprint density at radius 2 is 2.11 bits per heavy atom. The third-order valence-corrected chi connectivity index (χ3v) is 5.23. The van der Waals surface area contributed by atoms with Crippen LogP contribution in [0, 0.1) is 0 Å². The lowest BCUT2D eigenvalue weighted by Crippen LogP contribution is -2.18. The van der Waals surface area contributed by atoms with Crippen LogP contribution in [0.4, 0.5) is 5.69 Å². The fourth-order valence-corrected chi connectivity index (χ4v) is 3.74. The molecule has 1 fully saturated rings. The van der Waals surface area contributed by atoms with Gasteiger partial charge in [0.1, 0.15) is 0 Å². The van der Waals surface area contributed by atoms with Crippen LogP contribution in [0.5, 0.6) is 0 Å². The minimum absolute atomic E-state index is 0.0857.